The number of nitrogens with two attached hydrogens (primary N) is 1. The number of carbonyl (C=O) groups excluding carboxylic acids is 1. The van der Waals surface area contributed by atoms with Gasteiger partial charge in [0.2, 0.25) is 5.91 Å². The summed E-state index contributed by atoms with van der Waals surface area (Å²) in [4.78, 5) is 30.8. The molecule has 0 spiro atoms. The summed E-state index contributed by atoms with van der Waals surface area (Å²) in [5.41, 5.74) is 5.49. The summed E-state index contributed by atoms with van der Waals surface area (Å²) in [5, 5.41) is 0.465. The van der Waals surface area contributed by atoms with Crippen LogP contribution in [0.5, 0.6) is 0 Å². The van der Waals surface area contributed by atoms with Crippen molar-refractivity contribution in [2.24, 2.45) is 5.73 Å². The van der Waals surface area contributed by atoms with Crippen molar-refractivity contribution >= 4 is 27.5 Å². The molecule has 0 fully saturated rings. The van der Waals surface area contributed by atoms with Gasteiger partial charge in [-0.05, 0) is 31.0 Å². The number of carbonyl (C=O) groups is 1. The molecule has 0 saturated carbocycles. The van der Waals surface area contributed by atoms with Gasteiger partial charge in [-0.25, -0.2) is 9.37 Å². The van der Waals surface area contributed by atoms with Crippen LogP contribution in [-0.4, -0.2) is 15.5 Å². The van der Waals surface area contributed by atoms with Crippen molar-refractivity contribution in [1.82, 2.24) is 9.55 Å². The number of amides is 1. The molecule has 1 aromatic carbocycles. The van der Waals surface area contributed by atoms with Crippen LogP contribution < -0.4 is 11.3 Å². The number of benzene rings is 1. The molecule has 130 valence electrons. The summed E-state index contributed by atoms with van der Waals surface area (Å²) in [6.45, 7) is 3.55. The summed E-state index contributed by atoms with van der Waals surface area (Å²) in [5.74, 6) is -0.682. The van der Waals surface area contributed by atoms with Gasteiger partial charge in [-0.1, -0.05) is 25.1 Å². The van der Waals surface area contributed by atoms with Crippen LogP contribution in [0.3, 0.4) is 0 Å². The first-order chi connectivity index (χ1) is 11.9. The quantitative estimate of drug-likeness (QED) is 0.761. The molecule has 0 aliphatic carbocycles. The third-order valence-electron chi connectivity index (χ3n) is 4.18. The van der Waals surface area contributed by atoms with Gasteiger partial charge in [0.1, 0.15) is 22.5 Å². The minimum absolute atomic E-state index is 0.106. The van der Waals surface area contributed by atoms with Gasteiger partial charge in [0, 0.05) is 11.3 Å². The fourth-order valence-electron chi connectivity index (χ4n) is 2.72. The van der Waals surface area contributed by atoms with E-state index in [1.807, 2.05) is 6.92 Å². The van der Waals surface area contributed by atoms with E-state index in [0.29, 0.717) is 21.6 Å². The van der Waals surface area contributed by atoms with Crippen LogP contribution in [0.2, 0.25) is 0 Å². The number of rotatable bonds is 5. The maximum atomic E-state index is 14.0. The van der Waals surface area contributed by atoms with Crippen molar-refractivity contribution < 1.29 is 9.18 Å². The molecule has 0 aliphatic heterocycles. The molecule has 0 radical (unpaired) electrons. The van der Waals surface area contributed by atoms with E-state index in [9.17, 15) is 14.0 Å². The summed E-state index contributed by atoms with van der Waals surface area (Å²) in [6.07, 6.45) is 0.892. The lowest BCUT2D eigenvalue weighted by Crippen LogP contribution is -2.35. The van der Waals surface area contributed by atoms with Gasteiger partial charge in [-0.3, -0.25) is 14.2 Å². The summed E-state index contributed by atoms with van der Waals surface area (Å²) in [7, 11) is 0. The Labute approximate surface area is 147 Å². The minimum Gasteiger partial charge on any atom is -0.368 e. The molecule has 3 rings (SSSR count). The molecule has 1 amide bonds. The zero-order valence-electron chi connectivity index (χ0n) is 14.0. The van der Waals surface area contributed by atoms with E-state index < -0.39 is 11.9 Å². The van der Waals surface area contributed by atoms with E-state index in [1.54, 1.807) is 31.2 Å². The van der Waals surface area contributed by atoms with E-state index in [0.717, 1.165) is 11.3 Å². The van der Waals surface area contributed by atoms with Crippen molar-refractivity contribution in [2.45, 2.75) is 32.7 Å². The second-order valence-corrected chi connectivity index (χ2v) is 6.95. The average Bonchev–Trinajstić information content (AvgIpc) is 3.00. The lowest BCUT2D eigenvalue weighted by atomic mass is 10.1. The van der Waals surface area contributed by atoms with Gasteiger partial charge in [-0.15, -0.1) is 11.3 Å². The van der Waals surface area contributed by atoms with E-state index in [-0.39, 0.29) is 17.8 Å². The maximum Gasteiger partial charge on any atom is 0.263 e. The number of hydrogen-bond acceptors (Lipinski definition) is 4. The van der Waals surface area contributed by atoms with Gasteiger partial charge in [-0.2, -0.15) is 0 Å². The zero-order valence-corrected chi connectivity index (χ0v) is 14.8. The Morgan fingerprint density at radius 1 is 1.40 bits per heavy atom. The largest absolute Gasteiger partial charge is 0.368 e. The van der Waals surface area contributed by atoms with Crippen molar-refractivity contribution in [2.75, 3.05) is 0 Å². The monoisotopic (exact) mass is 359 g/mol. The SMILES string of the molecule is CCc1cc2c(=O)n(C(C)C(N)=O)c(Cc3ccccc3F)nc2s1. The highest BCUT2D eigenvalue weighted by Gasteiger charge is 2.21. The third-order valence-corrected chi connectivity index (χ3v) is 5.35. The Morgan fingerprint density at radius 2 is 2.12 bits per heavy atom. The molecule has 1 atom stereocenters. The Hall–Kier alpha value is -2.54. The Morgan fingerprint density at radius 3 is 2.76 bits per heavy atom. The molecule has 2 aromatic heterocycles. The highest BCUT2D eigenvalue weighted by atomic mass is 32.1. The number of aromatic nitrogens is 2. The molecule has 3 aromatic rings. The standard InChI is InChI=1S/C18H18FN3O2S/c1-3-12-9-13-17(25-12)21-15(8-11-6-4-5-7-14(11)19)22(18(13)24)10(2)16(20)23/h4-7,9-10H,3,8H2,1-2H3,(H2,20,23). The third kappa shape index (κ3) is 3.19. The van der Waals surface area contributed by atoms with Gasteiger partial charge in [0.15, 0.2) is 0 Å². The van der Waals surface area contributed by atoms with Crippen LogP contribution in [0, 0.1) is 5.82 Å². The Kier molecular flexibility index (Phi) is 4.67. The molecular formula is C18H18FN3O2S. The van der Waals surface area contributed by atoms with Crippen LogP contribution in [0.25, 0.3) is 10.2 Å². The highest BCUT2D eigenvalue weighted by Crippen LogP contribution is 2.24. The highest BCUT2D eigenvalue weighted by molar-refractivity contribution is 7.18. The van der Waals surface area contributed by atoms with Crippen LogP contribution in [0.1, 0.15) is 36.2 Å². The lowest BCUT2D eigenvalue weighted by molar-refractivity contribution is -0.120. The molecule has 1 unspecified atom stereocenters. The molecule has 0 saturated heterocycles. The van der Waals surface area contributed by atoms with Crippen LogP contribution in [0.15, 0.2) is 35.1 Å². The molecule has 25 heavy (non-hydrogen) atoms. The van der Waals surface area contributed by atoms with Crippen LogP contribution in [0.4, 0.5) is 4.39 Å². The smallest absolute Gasteiger partial charge is 0.263 e. The normalized spacial score (nSPS) is 12.4. The number of hydrogen-bond donors (Lipinski definition) is 1. The van der Waals surface area contributed by atoms with Crippen molar-refractivity contribution in [1.29, 1.82) is 0 Å². The number of primary amides is 1. The van der Waals surface area contributed by atoms with Gasteiger partial charge >= 0.3 is 0 Å². The molecule has 0 bridgehead atoms. The van der Waals surface area contributed by atoms with E-state index in [1.165, 1.54) is 22.0 Å². The van der Waals surface area contributed by atoms with Crippen molar-refractivity contribution in [3.05, 3.63) is 62.8 Å². The van der Waals surface area contributed by atoms with E-state index in [2.05, 4.69) is 4.98 Å². The molecule has 2 heterocycles. The van der Waals surface area contributed by atoms with Crippen molar-refractivity contribution in [3.8, 4) is 0 Å². The molecule has 0 aliphatic rings. The van der Waals surface area contributed by atoms with Crippen LogP contribution in [-0.2, 0) is 17.6 Å². The number of aryl methyl sites for hydroxylation is 1. The van der Waals surface area contributed by atoms with Crippen molar-refractivity contribution in [3.63, 3.8) is 0 Å². The zero-order chi connectivity index (χ0) is 18.1. The van der Waals surface area contributed by atoms with Gasteiger partial charge in [0.05, 0.1) is 5.39 Å². The topological polar surface area (TPSA) is 78.0 Å². The summed E-state index contributed by atoms with van der Waals surface area (Å²) in [6, 6.07) is 7.24. The van der Waals surface area contributed by atoms with E-state index >= 15 is 0 Å². The second kappa shape index (κ2) is 6.76. The van der Waals surface area contributed by atoms with Gasteiger partial charge in [0.25, 0.3) is 5.56 Å². The number of nitrogens with zero attached hydrogens (tertiary/aromatic N) is 2. The minimum atomic E-state index is -0.865. The first-order valence-electron chi connectivity index (χ1n) is 7.99. The molecule has 2 N–H and O–H groups in total. The summed E-state index contributed by atoms with van der Waals surface area (Å²) >= 11 is 1.43. The number of halogens is 1. The summed E-state index contributed by atoms with van der Waals surface area (Å²) < 4.78 is 15.3. The predicted octanol–water partition coefficient (Wildman–Crippen LogP) is 2.80. The molecule has 5 nitrogen and oxygen atoms in total. The number of thiophene rings is 1. The average molecular weight is 359 g/mol. The first kappa shape index (κ1) is 17.3. The fraction of sp³-hybridized carbons (Fsp3) is 0.278. The first-order valence-corrected chi connectivity index (χ1v) is 8.80. The number of fused-ring (bicyclic) bond motifs is 1. The molecular weight excluding hydrogens is 341 g/mol. The van der Waals surface area contributed by atoms with Crippen LogP contribution >= 0.6 is 11.3 Å². The Bertz CT molecular complexity index is 1010. The maximum absolute atomic E-state index is 14.0. The van der Waals surface area contributed by atoms with E-state index in [4.69, 9.17) is 5.73 Å². The lowest BCUT2D eigenvalue weighted by Gasteiger charge is -2.17. The fourth-order valence-corrected chi connectivity index (χ4v) is 3.70. The predicted molar refractivity (Wildman–Crippen MR) is 96.4 cm³/mol. The molecule has 7 heteroatoms. The van der Waals surface area contributed by atoms with Gasteiger partial charge < -0.3 is 5.73 Å². The second-order valence-electron chi connectivity index (χ2n) is 5.83. The Balaban J connectivity index is 2.24.